The van der Waals surface area contributed by atoms with Gasteiger partial charge in [-0.15, -0.1) is 0 Å². The van der Waals surface area contributed by atoms with Crippen LogP contribution < -0.4 is 11.5 Å². The predicted molar refractivity (Wildman–Crippen MR) is 64.7 cm³/mol. The summed E-state index contributed by atoms with van der Waals surface area (Å²) < 4.78 is 0. The molecule has 0 spiro atoms. The summed E-state index contributed by atoms with van der Waals surface area (Å²) in [4.78, 5) is 7.99. The van der Waals surface area contributed by atoms with E-state index in [1.54, 1.807) is 0 Å². The number of nitrogens with zero attached hydrogens (tertiary/aromatic N) is 2. The molecule has 0 bridgehead atoms. The fraction of sp³-hybridized carbons (Fsp3) is 0.909. The number of aliphatic imine (C=N–C) groups is 2. The van der Waals surface area contributed by atoms with E-state index in [0.29, 0.717) is 11.8 Å². The van der Waals surface area contributed by atoms with Crippen molar-refractivity contribution in [3.63, 3.8) is 0 Å². The molecule has 0 aliphatic rings. The highest BCUT2D eigenvalue weighted by Gasteiger charge is 2.03. The Morgan fingerprint density at radius 2 is 1.20 bits per heavy atom. The van der Waals surface area contributed by atoms with Crippen LogP contribution >= 0.6 is 0 Å². The number of nitrogens with two attached hydrogens (primary N) is 2. The Bertz CT molecular complexity index is 197. The van der Waals surface area contributed by atoms with Crippen LogP contribution in [0.1, 0.15) is 40.5 Å². The van der Waals surface area contributed by atoms with Gasteiger partial charge in [0.15, 0.2) is 0 Å². The molecule has 0 aliphatic heterocycles. The van der Waals surface area contributed by atoms with Crippen LogP contribution in [-0.2, 0) is 0 Å². The zero-order chi connectivity index (χ0) is 11.8. The van der Waals surface area contributed by atoms with E-state index < -0.39 is 0 Å². The van der Waals surface area contributed by atoms with Crippen LogP contribution in [0.15, 0.2) is 9.98 Å². The zero-order valence-corrected chi connectivity index (χ0v) is 10.3. The van der Waals surface area contributed by atoms with E-state index in [0.717, 1.165) is 12.8 Å². The van der Waals surface area contributed by atoms with E-state index >= 15 is 0 Å². The summed E-state index contributed by atoms with van der Waals surface area (Å²) in [6, 6.07) is 2.60. The second kappa shape index (κ2) is 7.57. The Kier molecular flexibility index (Phi) is 7.22. The normalized spacial score (nSPS) is 14.9. The molecule has 4 N–H and O–H groups in total. The minimum atomic E-state index is -0.208. The van der Waals surface area contributed by atoms with Crippen molar-refractivity contribution < 1.29 is 0 Å². The molecule has 88 valence electrons. The predicted octanol–water partition coefficient (Wildman–Crippen LogP) is 1.82. The van der Waals surface area contributed by atoms with Gasteiger partial charge < -0.3 is 11.5 Å². The van der Waals surface area contributed by atoms with Crippen molar-refractivity contribution in [2.45, 2.75) is 52.9 Å². The summed E-state index contributed by atoms with van der Waals surface area (Å²) in [5.41, 5.74) is 11.5. The zero-order valence-electron chi connectivity index (χ0n) is 10.3. The van der Waals surface area contributed by atoms with Crippen molar-refractivity contribution >= 4 is 6.01 Å². The Labute approximate surface area is 92.9 Å². The summed E-state index contributed by atoms with van der Waals surface area (Å²) in [6.07, 6.45) is 1.28. The van der Waals surface area contributed by atoms with Crippen molar-refractivity contribution in [2.75, 3.05) is 0 Å². The number of hydrogen-bond acceptors (Lipinski definition) is 4. The molecule has 0 fully saturated rings. The lowest BCUT2D eigenvalue weighted by Crippen LogP contribution is -2.20. The van der Waals surface area contributed by atoms with Gasteiger partial charge in [0.25, 0.3) is 0 Å². The second-order valence-corrected chi connectivity index (χ2v) is 4.75. The van der Waals surface area contributed by atoms with E-state index in [-0.39, 0.29) is 12.3 Å². The first kappa shape index (κ1) is 14.3. The summed E-state index contributed by atoms with van der Waals surface area (Å²) in [5.74, 6) is 1.07. The van der Waals surface area contributed by atoms with Crippen molar-refractivity contribution in [1.82, 2.24) is 0 Å². The third-order valence-electron chi connectivity index (χ3n) is 1.87. The molecule has 0 rings (SSSR count). The van der Waals surface area contributed by atoms with Crippen molar-refractivity contribution in [3.8, 4) is 0 Å². The van der Waals surface area contributed by atoms with Gasteiger partial charge in [0, 0.05) is 0 Å². The van der Waals surface area contributed by atoms with Crippen LogP contribution in [0.25, 0.3) is 0 Å². The van der Waals surface area contributed by atoms with Crippen LogP contribution in [0.4, 0.5) is 0 Å². The van der Waals surface area contributed by atoms with E-state index in [4.69, 9.17) is 11.5 Å². The summed E-state index contributed by atoms with van der Waals surface area (Å²) in [6.45, 7) is 8.43. The fourth-order valence-electron chi connectivity index (χ4n) is 1.25. The molecule has 0 aliphatic carbocycles. The largest absolute Gasteiger partial charge is 0.309 e. The van der Waals surface area contributed by atoms with Gasteiger partial charge in [0.2, 0.25) is 0 Å². The molecule has 0 saturated heterocycles. The maximum Gasteiger partial charge on any atom is 0.108 e. The van der Waals surface area contributed by atoms with Gasteiger partial charge in [-0.05, 0) is 24.7 Å². The Balaban J connectivity index is 3.97. The van der Waals surface area contributed by atoms with Crippen LogP contribution in [0.3, 0.4) is 0 Å². The fourth-order valence-corrected chi connectivity index (χ4v) is 1.25. The molecule has 0 saturated carbocycles. The summed E-state index contributed by atoms with van der Waals surface area (Å²) in [7, 11) is 0. The highest BCUT2D eigenvalue weighted by atomic mass is 15.0. The molecule has 0 aromatic heterocycles. The van der Waals surface area contributed by atoms with Crippen LogP contribution in [-0.4, -0.2) is 18.3 Å². The smallest absolute Gasteiger partial charge is 0.108 e. The molecule has 2 unspecified atom stereocenters. The third-order valence-corrected chi connectivity index (χ3v) is 1.87. The van der Waals surface area contributed by atoms with Crippen molar-refractivity contribution in [1.29, 1.82) is 0 Å². The van der Waals surface area contributed by atoms with E-state index in [2.05, 4.69) is 43.7 Å². The third kappa shape index (κ3) is 9.60. The van der Waals surface area contributed by atoms with Gasteiger partial charge >= 0.3 is 0 Å². The summed E-state index contributed by atoms with van der Waals surface area (Å²) in [5, 5.41) is 0. The molecule has 2 atom stereocenters. The standard InChI is InChI=1S/C11H24N4/c1-8(2)5-10(12)14-7-15-11(13)6-9(3)4/h8-11H,5-6,12-13H2,1-4H3. The number of rotatable bonds is 6. The van der Waals surface area contributed by atoms with Gasteiger partial charge in [-0.2, -0.15) is 0 Å². The van der Waals surface area contributed by atoms with Crippen LogP contribution in [0.5, 0.6) is 0 Å². The SMILES string of the molecule is CC(C)CC(N)N=C=NC(N)CC(C)C. The van der Waals surface area contributed by atoms with Gasteiger partial charge in [-0.1, -0.05) is 27.7 Å². The first-order valence-corrected chi connectivity index (χ1v) is 5.57. The maximum atomic E-state index is 5.73. The molecular weight excluding hydrogens is 188 g/mol. The van der Waals surface area contributed by atoms with E-state index in [9.17, 15) is 0 Å². The molecule has 4 nitrogen and oxygen atoms in total. The van der Waals surface area contributed by atoms with Crippen molar-refractivity contribution in [3.05, 3.63) is 0 Å². The number of hydrogen-bond donors (Lipinski definition) is 2. The topological polar surface area (TPSA) is 76.8 Å². The van der Waals surface area contributed by atoms with E-state index in [1.165, 1.54) is 0 Å². The van der Waals surface area contributed by atoms with Crippen molar-refractivity contribution in [2.24, 2.45) is 33.3 Å². The van der Waals surface area contributed by atoms with E-state index in [1.807, 2.05) is 0 Å². The average molecular weight is 212 g/mol. The molecule has 15 heavy (non-hydrogen) atoms. The second-order valence-electron chi connectivity index (χ2n) is 4.75. The lowest BCUT2D eigenvalue weighted by atomic mass is 10.1. The first-order valence-electron chi connectivity index (χ1n) is 5.57. The highest BCUT2D eigenvalue weighted by molar-refractivity contribution is 5.41. The van der Waals surface area contributed by atoms with Crippen LogP contribution in [0.2, 0.25) is 0 Å². The quantitative estimate of drug-likeness (QED) is 0.659. The molecule has 0 heterocycles. The Hall–Kier alpha value is -0.700. The monoisotopic (exact) mass is 212 g/mol. The molecule has 0 amide bonds. The van der Waals surface area contributed by atoms with Gasteiger partial charge in [0.1, 0.15) is 12.3 Å². The highest BCUT2D eigenvalue weighted by Crippen LogP contribution is 2.03. The molecule has 0 aromatic carbocycles. The maximum absolute atomic E-state index is 5.73. The minimum Gasteiger partial charge on any atom is -0.309 e. The molecule has 0 aromatic rings. The average Bonchev–Trinajstić information content (AvgIpc) is 2.00. The van der Waals surface area contributed by atoms with Gasteiger partial charge in [0.05, 0.1) is 6.01 Å². The Morgan fingerprint density at radius 3 is 1.47 bits per heavy atom. The molecule has 0 radical (unpaired) electrons. The molecule has 4 heteroatoms. The Morgan fingerprint density at radius 1 is 0.867 bits per heavy atom. The molecular formula is C11H24N4. The van der Waals surface area contributed by atoms with Gasteiger partial charge in [-0.25, -0.2) is 9.98 Å². The van der Waals surface area contributed by atoms with Crippen LogP contribution in [0, 0.1) is 11.8 Å². The lowest BCUT2D eigenvalue weighted by molar-refractivity contribution is 0.503. The first-order chi connectivity index (χ1) is 6.91. The lowest BCUT2D eigenvalue weighted by Gasteiger charge is -2.07. The van der Waals surface area contributed by atoms with Gasteiger partial charge in [-0.3, -0.25) is 0 Å². The minimum absolute atomic E-state index is 0.208. The summed E-state index contributed by atoms with van der Waals surface area (Å²) >= 11 is 0.